The standard InChI is InChI=1S/C16H14N12O4S/c1-26-8-19-22-16(26)33-7-11-12(20-25-27(11)14-13(17)23-32-24-14)15(29)21-18-6-9-3-2-4-10(5-9)28(30)31/h2-6,8H,7H2,1H3,(H2,17,23)(H,21,29)/b18-6-. The number of nitro benzene ring substituents is 1. The molecule has 0 saturated carbocycles. The van der Waals surface area contributed by atoms with E-state index in [2.05, 4.69) is 46.0 Å². The molecular weight excluding hydrogens is 456 g/mol. The molecule has 0 spiro atoms. The summed E-state index contributed by atoms with van der Waals surface area (Å²) < 4.78 is 7.55. The number of hydrazone groups is 1. The van der Waals surface area contributed by atoms with Crippen molar-refractivity contribution in [1.82, 2.24) is 45.5 Å². The van der Waals surface area contributed by atoms with Gasteiger partial charge in [0.2, 0.25) is 11.6 Å². The first kappa shape index (κ1) is 21.6. The molecule has 0 aliphatic heterocycles. The minimum absolute atomic E-state index is 0.0412. The molecule has 0 unspecified atom stereocenters. The van der Waals surface area contributed by atoms with Crippen molar-refractivity contribution in [2.45, 2.75) is 10.9 Å². The van der Waals surface area contributed by atoms with Crippen LogP contribution in [-0.4, -0.2) is 57.1 Å². The number of nitro groups is 1. The summed E-state index contributed by atoms with van der Waals surface area (Å²) >= 11 is 1.27. The number of carbonyl (C=O) groups is 1. The Morgan fingerprint density at radius 3 is 2.94 bits per heavy atom. The van der Waals surface area contributed by atoms with E-state index < -0.39 is 10.8 Å². The minimum atomic E-state index is -0.675. The molecule has 1 aromatic carbocycles. The highest BCUT2D eigenvalue weighted by molar-refractivity contribution is 7.98. The number of amides is 1. The fraction of sp³-hybridized carbons (Fsp3) is 0.125. The van der Waals surface area contributed by atoms with Crippen molar-refractivity contribution < 1.29 is 14.3 Å². The van der Waals surface area contributed by atoms with Crippen molar-refractivity contribution in [1.29, 1.82) is 0 Å². The minimum Gasteiger partial charge on any atom is -0.378 e. The van der Waals surface area contributed by atoms with Crippen LogP contribution < -0.4 is 11.2 Å². The monoisotopic (exact) mass is 470 g/mol. The summed E-state index contributed by atoms with van der Waals surface area (Å²) in [5.74, 6) is -0.453. The fourth-order valence-corrected chi connectivity index (χ4v) is 3.47. The lowest BCUT2D eigenvalue weighted by molar-refractivity contribution is -0.384. The molecule has 0 radical (unpaired) electrons. The first-order valence-electron chi connectivity index (χ1n) is 9.01. The number of carbonyl (C=O) groups excluding carboxylic acids is 1. The van der Waals surface area contributed by atoms with Gasteiger partial charge in [0.25, 0.3) is 11.6 Å². The van der Waals surface area contributed by atoms with Gasteiger partial charge in [-0.2, -0.15) is 9.78 Å². The van der Waals surface area contributed by atoms with Crippen molar-refractivity contribution in [2.75, 3.05) is 5.73 Å². The van der Waals surface area contributed by atoms with Crippen LogP contribution in [0.3, 0.4) is 0 Å². The summed E-state index contributed by atoms with van der Waals surface area (Å²) in [5, 5.41) is 38.2. The number of rotatable bonds is 8. The topological polar surface area (TPSA) is 211 Å². The molecule has 1 amide bonds. The van der Waals surface area contributed by atoms with Crippen molar-refractivity contribution in [2.24, 2.45) is 12.1 Å². The highest BCUT2D eigenvalue weighted by atomic mass is 32.2. The van der Waals surface area contributed by atoms with Gasteiger partial charge in [-0.3, -0.25) is 14.9 Å². The van der Waals surface area contributed by atoms with Crippen LogP contribution in [0.4, 0.5) is 11.5 Å². The number of non-ortho nitro benzene ring substituents is 1. The molecule has 0 aliphatic rings. The second kappa shape index (κ2) is 9.22. The number of hydrogen-bond acceptors (Lipinski definition) is 13. The van der Waals surface area contributed by atoms with Crippen LogP contribution in [0.5, 0.6) is 0 Å². The Morgan fingerprint density at radius 2 is 2.24 bits per heavy atom. The third-order valence-electron chi connectivity index (χ3n) is 4.14. The Bertz CT molecular complexity index is 1340. The van der Waals surface area contributed by atoms with Crippen LogP contribution in [0.25, 0.3) is 5.82 Å². The van der Waals surface area contributed by atoms with Gasteiger partial charge < -0.3 is 10.3 Å². The van der Waals surface area contributed by atoms with E-state index in [9.17, 15) is 14.9 Å². The number of aromatic nitrogens is 8. The summed E-state index contributed by atoms with van der Waals surface area (Å²) in [5.41, 5.74) is 8.68. The third-order valence-corrected chi connectivity index (χ3v) is 5.19. The van der Waals surface area contributed by atoms with Crippen molar-refractivity contribution in [3.8, 4) is 5.82 Å². The number of benzene rings is 1. The number of nitrogen functional groups attached to an aromatic ring is 1. The summed E-state index contributed by atoms with van der Waals surface area (Å²) in [7, 11) is 1.77. The van der Waals surface area contributed by atoms with E-state index in [0.29, 0.717) is 16.4 Å². The Labute approximate surface area is 188 Å². The lowest BCUT2D eigenvalue weighted by atomic mass is 10.2. The molecule has 168 valence electrons. The number of thioether (sulfide) groups is 1. The zero-order chi connectivity index (χ0) is 23.4. The predicted molar refractivity (Wildman–Crippen MR) is 112 cm³/mol. The van der Waals surface area contributed by atoms with Crippen LogP contribution in [0.1, 0.15) is 21.7 Å². The van der Waals surface area contributed by atoms with Crippen LogP contribution in [0, 0.1) is 10.1 Å². The lowest BCUT2D eigenvalue weighted by Gasteiger charge is -2.05. The molecule has 0 saturated heterocycles. The molecule has 3 aromatic heterocycles. The van der Waals surface area contributed by atoms with Crippen LogP contribution >= 0.6 is 11.8 Å². The zero-order valence-corrected chi connectivity index (χ0v) is 17.6. The summed E-state index contributed by atoms with van der Waals surface area (Å²) in [6.07, 6.45) is 2.80. The van der Waals surface area contributed by atoms with Gasteiger partial charge >= 0.3 is 0 Å². The molecule has 0 aliphatic carbocycles. The van der Waals surface area contributed by atoms with Gasteiger partial charge in [0.1, 0.15) is 6.33 Å². The molecule has 0 fully saturated rings. The Kier molecular flexibility index (Phi) is 6.02. The number of anilines is 1. The number of nitrogens with one attached hydrogen (secondary N) is 1. The molecule has 3 N–H and O–H groups in total. The van der Waals surface area contributed by atoms with Gasteiger partial charge in [0, 0.05) is 30.5 Å². The molecular formula is C16H14N12O4S. The Balaban J connectivity index is 1.57. The van der Waals surface area contributed by atoms with E-state index >= 15 is 0 Å². The second-order valence-electron chi connectivity index (χ2n) is 6.33. The molecule has 3 heterocycles. The zero-order valence-electron chi connectivity index (χ0n) is 16.8. The van der Waals surface area contributed by atoms with E-state index in [1.807, 2.05) is 0 Å². The molecule has 16 nitrogen and oxygen atoms in total. The van der Waals surface area contributed by atoms with Gasteiger partial charge in [0.05, 0.1) is 16.8 Å². The van der Waals surface area contributed by atoms with Crippen molar-refractivity contribution >= 4 is 35.4 Å². The lowest BCUT2D eigenvalue weighted by Crippen LogP contribution is -2.20. The number of nitrogens with zero attached hydrogens (tertiary/aromatic N) is 10. The normalized spacial score (nSPS) is 11.2. The van der Waals surface area contributed by atoms with E-state index in [4.69, 9.17) is 5.73 Å². The first-order valence-corrected chi connectivity index (χ1v) is 10.00. The molecule has 4 rings (SSSR count). The van der Waals surface area contributed by atoms with Gasteiger partial charge in [-0.1, -0.05) is 29.1 Å². The maximum absolute atomic E-state index is 12.7. The van der Waals surface area contributed by atoms with Gasteiger partial charge in [0.15, 0.2) is 10.9 Å². The average Bonchev–Trinajstić information content (AvgIpc) is 3.52. The van der Waals surface area contributed by atoms with Crippen LogP contribution in [-0.2, 0) is 12.8 Å². The summed E-state index contributed by atoms with van der Waals surface area (Å²) in [4.78, 5) is 23.1. The molecule has 0 atom stereocenters. The predicted octanol–water partition coefficient (Wildman–Crippen LogP) is 0.325. The van der Waals surface area contributed by atoms with Gasteiger partial charge in [-0.25, -0.2) is 10.1 Å². The Hall–Kier alpha value is -4.67. The molecule has 4 aromatic rings. The smallest absolute Gasteiger partial charge is 0.293 e. The Morgan fingerprint density at radius 1 is 1.39 bits per heavy atom. The van der Waals surface area contributed by atoms with E-state index in [-0.39, 0.29) is 28.8 Å². The molecule has 33 heavy (non-hydrogen) atoms. The van der Waals surface area contributed by atoms with E-state index in [1.54, 1.807) is 17.7 Å². The number of hydrogen-bond donors (Lipinski definition) is 2. The summed E-state index contributed by atoms with van der Waals surface area (Å²) in [6, 6.07) is 5.77. The summed E-state index contributed by atoms with van der Waals surface area (Å²) in [6.45, 7) is 0. The largest absolute Gasteiger partial charge is 0.378 e. The highest BCUT2D eigenvalue weighted by Gasteiger charge is 2.24. The van der Waals surface area contributed by atoms with Crippen molar-refractivity contribution in [3.63, 3.8) is 0 Å². The number of aryl methyl sites for hydroxylation is 1. The van der Waals surface area contributed by atoms with E-state index in [0.717, 1.165) is 0 Å². The van der Waals surface area contributed by atoms with Crippen molar-refractivity contribution in [3.05, 3.63) is 57.7 Å². The van der Waals surface area contributed by atoms with Crippen LogP contribution in [0.15, 0.2) is 45.5 Å². The molecule has 17 heteroatoms. The van der Waals surface area contributed by atoms with Gasteiger partial charge in [-0.15, -0.1) is 15.3 Å². The average molecular weight is 470 g/mol. The highest BCUT2D eigenvalue weighted by Crippen LogP contribution is 2.24. The first-order chi connectivity index (χ1) is 15.9. The maximum Gasteiger partial charge on any atom is 0.293 e. The van der Waals surface area contributed by atoms with Crippen LogP contribution in [0.2, 0.25) is 0 Å². The maximum atomic E-state index is 12.7. The fourth-order valence-electron chi connectivity index (χ4n) is 2.59. The third kappa shape index (κ3) is 4.66. The molecule has 0 bridgehead atoms. The van der Waals surface area contributed by atoms with E-state index in [1.165, 1.54) is 47.2 Å². The SMILES string of the molecule is Cn1cnnc1SCc1c(C(=O)N/N=C\c2cccc([N+](=O)[O-])c2)nnn1-c1nonc1N. The van der Waals surface area contributed by atoms with Gasteiger partial charge in [-0.05, 0) is 10.3 Å². The number of nitrogens with two attached hydrogens (primary N) is 1. The second-order valence-corrected chi connectivity index (χ2v) is 7.28. The quantitative estimate of drug-likeness (QED) is 0.154.